The van der Waals surface area contributed by atoms with Gasteiger partial charge in [0, 0.05) is 13.1 Å². The molecule has 1 aliphatic heterocycles. The van der Waals surface area contributed by atoms with E-state index >= 15 is 0 Å². The molecule has 140 valence electrons. The molecule has 1 aliphatic rings. The Balaban J connectivity index is 2.25. The number of sulfonamides is 1. The van der Waals surface area contributed by atoms with Crippen molar-refractivity contribution in [2.75, 3.05) is 26.5 Å². The van der Waals surface area contributed by atoms with Gasteiger partial charge in [0.05, 0.1) is 25.9 Å². The molecule has 0 saturated carbocycles. The highest BCUT2D eigenvalue weighted by atomic mass is 32.2. The number of carboxylic acid groups (broad SMARTS) is 1. The quantitative estimate of drug-likeness (QED) is 0.785. The van der Waals surface area contributed by atoms with Crippen molar-refractivity contribution in [1.82, 2.24) is 4.31 Å². The summed E-state index contributed by atoms with van der Waals surface area (Å²) < 4.78 is 37.3. The number of methoxy groups -OCH3 is 2. The van der Waals surface area contributed by atoms with Gasteiger partial charge in [0.25, 0.3) is 0 Å². The number of aliphatic carboxylic acids is 1. The van der Waals surface area contributed by atoms with E-state index in [0.29, 0.717) is 24.5 Å². The number of hydrogen-bond acceptors (Lipinski definition) is 5. The Kier molecular flexibility index (Phi) is 5.95. The molecule has 0 aliphatic carbocycles. The molecule has 0 radical (unpaired) electrons. The number of rotatable bonds is 7. The first-order chi connectivity index (χ1) is 11.7. The summed E-state index contributed by atoms with van der Waals surface area (Å²) in [4.78, 5) is 11.3. The van der Waals surface area contributed by atoms with Crippen molar-refractivity contribution >= 4 is 16.0 Å². The highest BCUT2D eigenvalue weighted by molar-refractivity contribution is 7.89. The lowest BCUT2D eigenvalue weighted by atomic mass is 9.98. The lowest BCUT2D eigenvalue weighted by molar-refractivity contribution is -0.142. The fraction of sp³-hybridized carbons (Fsp3) is 0.588. The number of hydrogen-bond donors (Lipinski definition) is 1. The average Bonchev–Trinajstić information content (AvgIpc) is 2.57. The molecule has 0 fully saturated rings. The Labute approximate surface area is 148 Å². The Morgan fingerprint density at radius 2 is 1.76 bits per heavy atom. The van der Waals surface area contributed by atoms with Crippen molar-refractivity contribution in [3.63, 3.8) is 0 Å². The molecular formula is C17H25NO6S. The van der Waals surface area contributed by atoms with E-state index in [-0.39, 0.29) is 18.2 Å². The van der Waals surface area contributed by atoms with Crippen LogP contribution in [0.1, 0.15) is 25.0 Å². The Morgan fingerprint density at radius 3 is 2.24 bits per heavy atom. The zero-order valence-electron chi connectivity index (χ0n) is 15.0. The van der Waals surface area contributed by atoms with Crippen LogP contribution >= 0.6 is 0 Å². The summed E-state index contributed by atoms with van der Waals surface area (Å²) in [6, 6.07) is 3.65. The molecule has 8 heteroatoms. The average molecular weight is 371 g/mol. The first-order valence-electron chi connectivity index (χ1n) is 8.14. The molecule has 1 aromatic rings. The molecule has 1 N–H and O–H groups in total. The van der Waals surface area contributed by atoms with E-state index in [2.05, 4.69) is 0 Å². The number of benzene rings is 1. The van der Waals surface area contributed by atoms with Gasteiger partial charge in [-0.25, -0.2) is 8.42 Å². The lowest BCUT2D eigenvalue weighted by Crippen LogP contribution is -2.41. The van der Waals surface area contributed by atoms with Gasteiger partial charge in [0.2, 0.25) is 10.0 Å². The van der Waals surface area contributed by atoms with Gasteiger partial charge in [0.15, 0.2) is 11.5 Å². The molecular weight excluding hydrogens is 346 g/mol. The lowest BCUT2D eigenvalue weighted by Gasteiger charge is -2.30. The van der Waals surface area contributed by atoms with Gasteiger partial charge in [-0.1, -0.05) is 13.8 Å². The predicted octanol–water partition coefficient (Wildman–Crippen LogP) is 1.75. The summed E-state index contributed by atoms with van der Waals surface area (Å²) in [7, 11) is -0.583. The topological polar surface area (TPSA) is 93.1 Å². The molecule has 25 heavy (non-hydrogen) atoms. The second-order valence-electron chi connectivity index (χ2n) is 6.53. The van der Waals surface area contributed by atoms with Crippen LogP contribution in [-0.2, 0) is 27.8 Å². The van der Waals surface area contributed by atoms with Crippen molar-refractivity contribution in [2.24, 2.45) is 11.8 Å². The van der Waals surface area contributed by atoms with Gasteiger partial charge in [0.1, 0.15) is 0 Å². The maximum Gasteiger partial charge on any atom is 0.307 e. The third-order valence-corrected chi connectivity index (χ3v) is 6.47. The summed E-state index contributed by atoms with van der Waals surface area (Å²) >= 11 is 0. The second kappa shape index (κ2) is 7.61. The normalized spacial score (nSPS) is 16.4. The third kappa shape index (κ3) is 4.24. The third-order valence-electron chi connectivity index (χ3n) is 4.59. The first kappa shape index (κ1) is 19.5. The summed E-state index contributed by atoms with van der Waals surface area (Å²) in [5, 5.41) is 9.28. The van der Waals surface area contributed by atoms with E-state index in [1.807, 2.05) is 6.07 Å². The molecule has 2 rings (SSSR count). The molecule has 0 saturated heterocycles. The van der Waals surface area contributed by atoms with E-state index in [4.69, 9.17) is 9.47 Å². The highest BCUT2D eigenvalue weighted by Crippen LogP contribution is 2.34. The summed E-state index contributed by atoms with van der Waals surface area (Å²) in [6.07, 6.45) is 0.550. The van der Waals surface area contributed by atoms with E-state index in [9.17, 15) is 18.3 Å². The molecule has 7 nitrogen and oxygen atoms in total. The van der Waals surface area contributed by atoms with Crippen molar-refractivity contribution in [3.8, 4) is 11.5 Å². The van der Waals surface area contributed by atoms with Gasteiger partial charge in [-0.05, 0) is 35.6 Å². The number of nitrogens with zero attached hydrogens (tertiary/aromatic N) is 1. The van der Waals surface area contributed by atoms with Gasteiger partial charge in [-0.15, -0.1) is 0 Å². The SMILES string of the molecule is COc1cc2c(cc1OC)CN(S(=O)(=O)CC(C(=O)O)C(C)C)CC2. The Hall–Kier alpha value is -1.80. The van der Waals surface area contributed by atoms with Crippen molar-refractivity contribution in [1.29, 1.82) is 0 Å². The van der Waals surface area contributed by atoms with Crippen molar-refractivity contribution < 1.29 is 27.8 Å². The first-order valence-corrected chi connectivity index (χ1v) is 9.75. The Bertz CT molecular complexity index is 744. The second-order valence-corrected chi connectivity index (χ2v) is 8.54. The Morgan fingerprint density at radius 1 is 1.20 bits per heavy atom. The molecule has 0 spiro atoms. The van der Waals surface area contributed by atoms with Gasteiger partial charge >= 0.3 is 5.97 Å². The number of carbonyl (C=O) groups is 1. The number of fused-ring (bicyclic) bond motifs is 1. The van der Waals surface area contributed by atoms with Crippen LogP contribution in [0.25, 0.3) is 0 Å². The van der Waals surface area contributed by atoms with Crippen LogP contribution in [0, 0.1) is 11.8 Å². The predicted molar refractivity (Wildman–Crippen MR) is 93.4 cm³/mol. The summed E-state index contributed by atoms with van der Waals surface area (Å²) in [5.74, 6) is -1.48. The molecule has 0 aromatic heterocycles. The fourth-order valence-electron chi connectivity index (χ4n) is 2.98. The highest BCUT2D eigenvalue weighted by Gasteiger charge is 2.34. The number of ether oxygens (including phenoxy) is 2. The minimum atomic E-state index is -3.67. The number of carboxylic acids is 1. The maximum atomic E-state index is 12.7. The molecule has 1 aromatic carbocycles. The molecule has 0 bridgehead atoms. The van der Waals surface area contributed by atoms with Crippen molar-refractivity contribution in [2.45, 2.75) is 26.8 Å². The van der Waals surface area contributed by atoms with E-state index in [1.54, 1.807) is 27.0 Å². The van der Waals surface area contributed by atoms with E-state index in [1.165, 1.54) is 11.4 Å². The molecule has 1 atom stereocenters. The van der Waals surface area contributed by atoms with Gasteiger partial charge in [-0.3, -0.25) is 4.79 Å². The van der Waals surface area contributed by atoms with E-state index in [0.717, 1.165) is 11.1 Å². The molecule has 1 heterocycles. The zero-order chi connectivity index (χ0) is 18.8. The summed E-state index contributed by atoms with van der Waals surface area (Å²) in [6.45, 7) is 3.98. The van der Waals surface area contributed by atoms with Gasteiger partial charge in [-0.2, -0.15) is 4.31 Å². The van der Waals surface area contributed by atoms with Crippen LogP contribution in [0.2, 0.25) is 0 Å². The summed E-state index contributed by atoms with van der Waals surface area (Å²) in [5.41, 5.74) is 1.87. The molecule has 0 amide bonds. The molecule has 1 unspecified atom stereocenters. The van der Waals surface area contributed by atoms with Crippen LogP contribution in [-0.4, -0.2) is 50.3 Å². The maximum absolute atomic E-state index is 12.7. The van der Waals surface area contributed by atoms with Crippen molar-refractivity contribution in [3.05, 3.63) is 23.3 Å². The van der Waals surface area contributed by atoms with Crippen LogP contribution in [0.4, 0.5) is 0 Å². The smallest absolute Gasteiger partial charge is 0.307 e. The largest absolute Gasteiger partial charge is 0.493 e. The van der Waals surface area contributed by atoms with Gasteiger partial charge < -0.3 is 14.6 Å². The van der Waals surface area contributed by atoms with Crippen LogP contribution in [0.3, 0.4) is 0 Å². The fourth-order valence-corrected chi connectivity index (χ4v) is 4.87. The van der Waals surface area contributed by atoms with Crippen LogP contribution < -0.4 is 9.47 Å². The monoisotopic (exact) mass is 371 g/mol. The minimum absolute atomic E-state index is 0.211. The van der Waals surface area contributed by atoms with Crippen LogP contribution in [0.5, 0.6) is 11.5 Å². The zero-order valence-corrected chi connectivity index (χ0v) is 15.8. The standard InChI is InChI=1S/C17H25NO6S/c1-11(2)14(17(19)20)10-25(21,22)18-6-5-12-7-15(23-3)16(24-4)8-13(12)9-18/h7-8,11,14H,5-6,9-10H2,1-4H3,(H,19,20). The van der Waals surface area contributed by atoms with E-state index < -0.39 is 21.9 Å². The minimum Gasteiger partial charge on any atom is -0.493 e. The van der Waals surface area contributed by atoms with Crippen LogP contribution in [0.15, 0.2) is 12.1 Å².